The first-order valence-corrected chi connectivity index (χ1v) is 16.0. The zero-order valence-corrected chi connectivity index (χ0v) is 25.5. The molecule has 4 rings (SSSR count). The van der Waals surface area contributed by atoms with Crippen LogP contribution in [0.15, 0.2) is 83.8 Å². The van der Waals surface area contributed by atoms with Gasteiger partial charge in [-0.2, -0.15) is 0 Å². The Bertz CT molecular complexity index is 1440. The number of nitrogens with zero attached hydrogens (tertiary/aromatic N) is 2. The molecule has 1 saturated carbocycles. The highest BCUT2D eigenvalue weighted by Crippen LogP contribution is 2.28. The zero-order chi connectivity index (χ0) is 30.1. The number of methoxy groups -OCH3 is 1. The van der Waals surface area contributed by atoms with Gasteiger partial charge in [0.15, 0.2) is 0 Å². The summed E-state index contributed by atoms with van der Waals surface area (Å²) in [5.74, 6) is -0.213. The third-order valence-corrected chi connectivity index (χ3v) is 9.55. The van der Waals surface area contributed by atoms with Gasteiger partial charge in [0.25, 0.3) is 10.0 Å². The van der Waals surface area contributed by atoms with Crippen LogP contribution >= 0.6 is 0 Å². The molecule has 224 valence electrons. The number of sulfonamides is 1. The number of carbonyl (C=O) groups is 2. The van der Waals surface area contributed by atoms with Crippen molar-refractivity contribution in [3.63, 3.8) is 0 Å². The molecule has 3 aromatic carbocycles. The number of amides is 2. The van der Waals surface area contributed by atoms with Crippen LogP contribution in [0.2, 0.25) is 0 Å². The predicted octanol–water partition coefficient (Wildman–Crippen LogP) is 5.46. The third-order valence-electron chi connectivity index (χ3n) is 7.76. The summed E-state index contributed by atoms with van der Waals surface area (Å²) in [4.78, 5) is 29.5. The molecule has 0 saturated heterocycles. The fraction of sp³-hybridized carbons (Fsp3) is 0.394. The highest BCUT2D eigenvalue weighted by atomic mass is 32.2. The molecule has 1 aliphatic rings. The lowest BCUT2D eigenvalue weighted by Gasteiger charge is -2.34. The van der Waals surface area contributed by atoms with Crippen LogP contribution in [0.5, 0.6) is 5.75 Å². The minimum absolute atomic E-state index is 0.0628. The average Bonchev–Trinajstić information content (AvgIpc) is 3.01. The molecule has 8 nitrogen and oxygen atoms in total. The van der Waals surface area contributed by atoms with E-state index in [0.717, 1.165) is 47.5 Å². The standard InChI is InChI=1S/C33H41N3O5S/c1-4-31(33(38)34-27-12-7-5-8-13-27)35(23-26-20-18-25(2)19-21-26)32(37)24-36(28-14-11-15-29(22-28)41-3)42(39,40)30-16-9-6-10-17-30/h6,9-11,14-22,27,31H,4-5,7-8,12-13,23-24H2,1-3H3,(H,34,38)/t31-/m0/s1. The number of aryl methyl sites for hydroxylation is 1. The quantitative estimate of drug-likeness (QED) is 0.302. The van der Waals surface area contributed by atoms with Crippen molar-refractivity contribution in [3.05, 3.63) is 90.0 Å². The van der Waals surface area contributed by atoms with Gasteiger partial charge >= 0.3 is 0 Å². The second kappa shape index (κ2) is 14.4. The van der Waals surface area contributed by atoms with Crippen molar-refractivity contribution >= 4 is 27.5 Å². The van der Waals surface area contributed by atoms with Crippen molar-refractivity contribution in [2.45, 2.75) is 75.9 Å². The van der Waals surface area contributed by atoms with Gasteiger partial charge in [0.1, 0.15) is 18.3 Å². The van der Waals surface area contributed by atoms with Crippen LogP contribution < -0.4 is 14.4 Å². The van der Waals surface area contributed by atoms with Crippen molar-refractivity contribution < 1.29 is 22.7 Å². The van der Waals surface area contributed by atoms with Gasteiger partial charge < -0.3 is 15.0 Å². The minimum Gasteiger partial charge on any atom is -0.497 e. The van der Waals surface area contributed by atoms with E-state index < -0.39 is 28.5 Å². The van der Waals surface area contributed by atoms with Crippen LogP contribution in [-0.4, -0.2) is 50.9 Å². The lowest BCUT2D eigenvalue weighted by Crippen LogP contribution is -2.54. The SMILES string of the molecule is CC[C@@H](C(=O)NC1CCCCC1)N(Cc1ccc(C)cc1)C(=O)CN(c1cccc(OC)c1)S(=O)(=O)c1ccccc1. The molecule has 1 aliphatic carbocycles. The van der Waals surface area contributed by atoms with E-state index in [0.29, 0.717) is 17.9 Å². The summed E-state index contributed by atoms with van der Waals surface area (Å²) in [7, 11) is -2.63. The molecule has 1 N–H and O–H groups in total. The largest absolute Gasteiger partial charge is 0.497 e. The topological polar surface area (TPSA) is 96.0 Å². The normalized spacial score (nSPS) is 14.5. The van der Waals surface area contributed by atoms with Crippen LogP contribution in [0.1, 0.15) is 56.6 Å². The molecule has 1 fully saturated rings. The Morgan fingerprint density at radius 1 is 0.952 bits per heavy atom. The molecule has 3 aromatic rings. The summed E-state index contributed by atoms with van der Waals surface area (Å²) in [5.41, 5.74) is 2.23. The molecule has 0 aliphatic heterocycles. The van der Waals surface area contributed by atoms with Gasteiger partial charge in [-0.05, 0) is 56.0 Å². The van der Waals surface area contributed by atoms with Gasteiger partial charge in [0.2, 0.25) is 11.8 Å². The highest BCUT2D eigenvalue weighted by molar-refractivity contribution is 7.92. The second-order valence-corrected chi connectivity index (χ2v) is 12.7. The van der Waals surface area contributed by atoms with E-state index in [4.69, 9.17) is 4.74 Å². The maximum Gasteiger partial charge on any atom is 0.264 e. The Balaban J connectivity index is 1.70. The Hall–Kier alpha value is -3.85. The number of hydrogen-bond acceptors (Lipinski definition) is 5. The van der Waals surface area contributed by atoms with E-state index in [2.05, 4.69) is 5.32 Å². The fourth-order valence-electron chi connectivity index (χ4n) is 5.37. The number of nitrogens with one attached hydrogen (secondary N) is 1. The summed E-state index contributed by atoms with van der Waals surface area (Å²) in [6.07, 6.45) is 5.54. The molecule has 0 bridgehead atoms. The summed E-state index contributed by atoms with van der Waals surface area (Å²) >= 11 is 0. The molecule has 0 aromatic heterocycles. The minimum atomic E-state index is -4.13. The van der Waals surface area contributed by atoms with E-state index in [1.54, 1.807) is 42.5 Å². The molecule has 1 atom stereocenters. The van der Waals surface area contributed by atoms with E-state index in [-0.39, 0.29) is 23.4 Å². The number of benzene rings is 3. The summed E-state index contributed by atoms with van der Waals surface area (Å²) in [6, 6.07) is 21.8. The zero-order valence-electron chi connectivity index (χ0n) is 24.7. The van der Waals surface area contributed by atoms with Crippen LogP contribution in [0.25, 0.3) is 0 Å². The summed E-state index contributed by atoms with van der Waals surface area (Å²) < 4.78 is 34.4. The molecule has 0 spiro atoms. The highest BCUT2D eigenvalue weighted by Gasteiger charge is 2.34. The van der Waals surface area contributed by atoms with Gasteiger partial charge in [-0.3, -0.25) is 13.9 Å². The molecular weight excluding hydrogens is 550 g/mol. The molecule has 9 heteroatoms. The first-order chi connectivity index (χ1) is 20.2. The van der Waals surface area contributed by atoms with Gasteiger partial charge in [-0.15, -0.1) is 0 Å². The van der Waals surface area contributed by atoms with Gasteiger partial charge in [0.05, 0.1) is 17.7 Å². The van der Waals surface area contributed by atoms with Crippen LogP contribution in [-0.2, 0) is 26.2 Å². The third kappa shape index (κ3) is 7.70. The maximum absolute atomic E-state index is 14.2. The Labute approximate surface area is 249 Å². The average molecular weight is 592 g/mol. The first-order valence-electron chi connectivity index (χ1n) is 14.6. The number of ether oxygens (including phenoxy) is 1. The molecular formula is C33H41N3O5S. The van der Waals surface area contributed by atoms with Crippen molar-refractivity contribution in [1.82, 2.24) is 10.2 Å². The van der Waals surface area contributed by atoms with E-state index in [9.17, 15) is 18.0 Å². The molecule has 2 amide bonds. The summed E-state index contributed by atoms with van der Waals surface area (Å²) in [6.45, 7) is 3.55. The number of rotatable bonds is 12. The van der Waals surface area contributed by atoms with E-state index in [1.165, 1.54) is 24.1 Å². The predicted molar refractivity (Wildman–Crippen MR) is 165 cm³/mol. The second-order valence-electron chi connectivity index (χ2n) is 10.8. The van der Waals surface area contributed by atoms with Crippen molar-refractivity contribution in [2.75, 3.05) is 18.0 Å². The fourth-order valence-corrected chi connectivity index (χ4v) is 6.80. The lowest BCUT2D eigenvalue weighted by molar-refractivity contribution is -0.140. The van der Waals surface area contributed by atoms with Gasteiger partial charge in [0, 0.05) is 18.7 Å². The van der Waals surface area contributed by atoms with Gasteiger partial charge in [-0.25, -0.2) is 8.42 Å². The van der Waals surface area contributed by atoms with Crippen LogP contribution in [0.3, 0.4) is 0 Å². The Morgan fingerprint density at radius 3 is 2.29 bits per heavy atom. The first kappa shape index (κ1) is 31.1. The number of anilines is 1. The maximum atomic E-state index is 14.2. The van der Waals surface area contributed by atoms with Crippen LogP contribution in [0.4, 0.5) is 5.69 Å². The van der Waals surface area contributed by atoms with Crippen molar-refractivity contribution in [2.24, 2.45) is 0 Å². The van der Waals surface area contributed by atoms with E-state index in [1.807, 2.05) is 38.1 Å². The smallest absolute Gasteiger partial charge is 0.264 e. The monoisotopic (exact) mass is 591 g/mol. The molecule has 0 heterocycles. The van der Waals surface area contributed by atoms with Gasteiger partial charge in [-0.1, -0.05) is 80.3 Å². The number of hydrogen-bond donors (Lipinski definition) is 1. The van der Waals surface area contributed by atoms with Crippen molar-refractivity contribution in [3.8, 4) is 5.75 Å². The van der Waals surface area contributed by atoms with E-state index >= 15 is 0 Å². The molecule has 0 radical (unpaired) electrons. The Kier molecular flexibility index (Phi) is 10.6. The van der Waals surface area contributed by atoms with Crippen molar-refractivity contribution in [1.29, 1.82) is 0 Å². The van der Waals surface area contributed by atoms with Crippen LogP contribution in [0, 0.1) is 6.92 Å². The molecule has 42 heavy (non-hydrogen) atoms. The number of carbonyl (C=O) groups excluding carboxylic acids is 2. The molecule has 0 unspecified atom stereocenters. The summed E-state index contributed by atoms with van der Waals surface area (Å²) in [5, 5.41) is 3.18. The Morgan fingerprint density at radius 2 is 1.64 bits per heavy atom. The lowest BCUT2D eigenvalue weighted by atomic mass is 9.95.